The molecule has 0 saturated carbocycles. The Labute approximate surface area is 96.7 Å². The van der Waals surface area contributed by atoms with Gasteiger partial charge in [0.25, 0.3) is 0 Å². The average Bonchev–Trinajstić information content (AvgIpc) is 2.25. The van der Waals surface area contributed by atoms with E-state index in [9.17, 15) is 9.59 Å². The number of carboxylic acids is 1. The van der Waals surface area contributed by atoms with Gasteiger partial charge in [-0.05, 0) is 25.7 Å². The minimum atomic E-state index is -0.985. The topological polar surface area (TPSA) is 66.4 Å². The minimum Gasteiger partial charge on any atom is -0.480 e. The number of rotatable bonds is 8. The number of carboxylic acid groups (broad SMARTS) is 1. The van der Waals surface area contributed by atoms with Crippen molar-refractivity contribution in [2.45, 2.75) is 45.6 Å². The van der Waals surface area contributed by atoms with Gasteiger partial charge in [0.2, 0.25) is 5.91 Å². The Morgan fingerprint density at radius 2 is 1.94 bits per heavy atom. The van der Waals surface area contributed by atoms with Gasteiger partial charge in [-0.3, -0.25) is 4.79 Å². The molecule has 1 unspecified atom stereocenters. The van der Waals surface area contributed by atoms with E-state index in [1.165, 1.54) is 0 Å². The van der Waals surface area contributed by atoms with Gasteiger partial charge >= 0.3 is 5.97 Å². The molecule has 0 saturated heterocycles. The molecule has 0 aliphatic heterocycles. The number of allylic oxidation sites excluding steroid dienone is 1. The molecule has 0 spiro atoms. The molecule has 2 N–H and O–H groups in total. The summed E-state index contributed by atoms with van der Waals surface area (Å²) in [6.07, 6.45) is 4.09. The summed E-state index contributed by atoms with van der Waals surface area (Å²) in [5.41, 5.74) is 0. The predicted octanol–water partition coefficient (Wildman–Crippen LogP) is 1.96. The van der Waals surface area contributed by atoms with E-state index in [4.69, 9.17) is 5.11 Å². The summed E-state index contributed by atoms with van der Waals surface area (Å²) in [5.74, 6) is -1.24. The first kappa shape index (κ1) is 14.7. The van der Waals surface area contributed by atoms with E-state index in [1.807, 2.05) is 13.8 Å². The Morgan fingerprint density at radius 3 is 2.31 bits per heavy atom. The molecular formula is C12H21NO3. The summed E-state index contributed by atoms with van der Waals surface area (Å²) in [7, 11) is 0. The fourth-order valence-electron chi connectivity index (χ4n) is 1.49. The molecule has 1 amide bonds. The van der Waals surface area contributed by atoms with Crippen LogP contribution in [0.4, 0.5) is 0 Å². The minimum absolute atomic E-state index is 0.0921. The van der Waals surface area contributed by atoms with Crippen molar-refractivity contribution in [3.05, 3.63) is 12.7 Å². The molecule has 0 rings (SSSR count). The van der Waals surface area contributed by atoms with Gasteiger partial charge in [-0.15, -0.1) is 6.58 Å². The first-order valence-corrected chi connectivity index (χ1v) is 5.70. The second kappa shape index (κ2) is 7.91. The summed E-state index contributed by atoms with van der Waals surface area (Å²) in [6.45, 7) is 7.38. The van der Waals surface area contributed by atoms with Crippen LogP contribution in [0.1, 0.15) is 39.5 Å². The number of carbonyl (C=O) groups excluding carboxylic acids is 1. The van der Waals surface area contributed by atoms with Crippen LogP contribution < -0.4 is 5.32 Å². The molecule has 0 radical (unpaired) electrons. The lowest BCUT2D eigenvalue weighted by Crippen LogP contribution is -2.43. The van der Waals surface area contributed by atoms with Crippen LogP contribution in [-0.2, 0) is 9.59 Å². The molecule has 0 aromatic heterocycles. The van der Waals surface area contributed by atoms with Crippen molar-refractivity contribution < 1.29 is 14.7 Å². The number of nitrogens with one attached hydrogen (secondary N) is 1. The van der Waals surface area contributed by atoms with Crippen molar-refractivity contribution in [2.24, 2.45) is 5.92 Å². The van der Waals surface area contributed by atoms with E-state index in [2.05, 4.69) is 11.9 Å². The van der Waals surface area contributed by atoms with Crippen LogP contribution in [0.3, 0.4) is 0 Å². The van der Waals surface area contributed by atoms with Crippen molar-refractivity contribution in [3.63, 3.8) is 0 Å². The highest BCUT2D eigenvalue weighted by Gasteiger charge is 2.22. The zero-order valence-electron chi connectivity index (χ0n) is 10.0. The van der Waals surface area contributed by atoms with E-state index in [-0.39, 0.29) is 11.8 Å². The molecule has 0 aliphatic rings. The summed E-state index contributed by atoms with van der Waals surface area (Å²) in [5, 5.41) is 11.5. The van der Waals surface area contributed by atoms with Crippen LogP contribution in [0.25, 0.3) is 0 Å². The maximum absolute atomic E-state index is 11.7. The van der Waals surface area contributed by atoms with E-state index in [0.717, 1.165) is 12.8 Å². The number of carbonyl (C=O) groups is 2. The Kier molecular flexibility index (Phi) is 7.25. The number of hydrogen-bond acceptors (Lipinski definition) is 2. The molecule has 0 aliphatic carbocycles. The normalized spacial score (nSPS) is 12.2. The summed E-state index contributed by atoms with van der Waals surface area (Å²) < 4.78 is 0. The summed E-state index contributed by atoms with van der Waals surface area (Å²) in [4.78, 5) is 22.6. The van der Waals surface area contributed by atoms with Crippen molar-refractivity contribution in [3.8, 4) is 0 Å². The zero-order valence-corrected chi connectivity index (χ0v) is 10.0. The molecule has 0 aromatic carbocycles. The maximum Gasteiger partial charge on any atom is 0.326 e. The van der Waals surface area contributed by atoms with Crippen LogP contribution >= 0.6 is 0 Å². The highest BCUT2D eigenvalue weighted by atomic mass is 16.4. The van der Waals surface area contributed by atoms with Crippen LogP contribution in [0.2, 0.25) is 0 Å². The van der Waals surface area contributed by atoms with Gasteiger partial charge in [-0.1, -0.05) is 19.9 Å². The Bertz CT molecular complexity index is 247. The Hall–Kier alpha value is -1.32. The molecule has 0 aromatic rings. The smallest absolute Gasteiger partial charge is 0.326 e. The van der Waals surface area contributed by atoms with Crippen molar-refractivity contribution >= 4 is 11.9 Å². The molecular weight excluding hydrogens is 206 g/mol. The van der Waals surface area contributed by atoms with Gasteiger partial charge in [0.15, 0.2) is 0 Å². The second-order valence-electron chi connectivity index (χ2n) is 3.78. The third kappa shape index (κ3) is 4.96. The van der Waals surface area contributed by atoms with Gasteiger partial charge in [0, 0.05) is 5.92 Å². The second-order valence-corrected chi connectivity index (χ2v) is 3.78. The van der Waals surface area contributed by atoms with Gasteiger partial charge in [0.05, 0.1) is 0 Å². The molecule has 16 heavy (non-hydrogen) atoms. The third-order valence-electron chi connectivity index (χ3n) is 2.63. The highest BCUT2D eigenvalue weighted by molar-refractivity contribution is 5.84. The van der Waals surface area contributed by atoms with E-state index < -0.39 is 12.0 Å². The molecule has 0 heterocycles. The van der Waals surface area contributed by atoms with Gasteiger partial charge in [-0.2, -0.15) is 0 Å². The molecule has 0 fully saturated rings. The fraction of sp³-hybridized carbons (Fsp3) is 0.667. The van der Waals surface area contributed by atoms with E-state index in [0.29, 0.717) is 12.8 Å². The largest absolute Gasteiger partial charge is 0.480 e. The SMILES string of the molecule is C=CCCC(NC(=O)C(CC)CC)C(=O)O. The Morgan fingerprint density at radius 1 is 1.38 bits per heavy atom. The maximum atomic E-state index is 11.7. The predicted molar refractivity (Wildman–Crippen MR) is 63.1 cm³/mol. The highest BCUT2D eigenvalue weighted by Crippen LogP contribution is 2.08. The van der Waals surface area contributed by atoms with Gasteiger partial charge in [-0.25, -0.2) is 4.79 Å². The van der Waals surface area contributed by atoms with Crippen LogP contribution in [-0.4, -0.2) is 23.0 Å². The Balaban J connectivity index is 4.32. The van der Waals surface area contributed by atoms with Gasteiger partial charge < -0.3 is 10.4 Å². The quantitative estimate of drug-likeness (QED) is 0.623. The lowest BCUT2D eigenvalue weighted by atomic mass is 10.0. The molecule has 0 bridgehead atoms. The number of amides is 1. The molecule has 4 heteroatoms. The van der Waals surface area contributed by atoms with Crippen molar-refractivity contribution in [1.82, 2.24) is 5.32 Å². The summed E-state index contributed by atoms with van der Waals surface area (Å²) in [6, 6.07) is -0.800. The summed E-state index contributed by atoms with van der Waals surface area (Å²) >= 11 is 0. The standard InChI is InChI=1S/C12H21NO3/c1-4-7-8-10(12(15)16)13-11(14)9(5-2)6-3/h4,9-10H,1,5-8H2,2-3H3,(H,13,14)(H,15,16). The van der Waals surface area contributed by atoms with Crippen LogP contribution in [0, 0.1) is 5.92 Å². The molecule has 92 valence electrons. The fourth-order valence-corrected chi connectivity index (χ4v) is 1.49. The van der Waals surface area contributed by atoms with E-state index in [1.54, 1.807) is 6.08 Å². The molecule has 4 nitrogen and oxygen atoms in total. The zero-order chi connectivity index (χ0) is 12.6. The monoisotopic (exact) mass is 227 g/mol. The first-order valence-electron chi connectivity index (χ1n) is 5.70. The van der Waals surface area contributed by atoms with Crippen molar-refractivity contribution in [1.29, 1.82) is 0 Å². The van der Waals surface area contributed by atoms with Crippen molar-refractivity contribution in [2.75, 3.05) is 0 Å². The lowest BCUT2D eigenvalue weighted by molar-refractivity contribution is -0.142. The van der Waals surface area contributed by atoms with Crippen LogP contribution in [0.5, 0.6) is 0 Å². The average molecular weight is 227 g/mol. The number of aliphatic carboxylic acids is 1. The van der Waals surface area contributed by atoms with Crippen LogP contribution in [0.15, 0.2) is 12.7 Å². The third-order valence-corrected chi connectivity index (χ3v) is 2.63. The number of hydrogen-bond donors (Lipinski definition) is 2. The lowest BCUT2D eigenvalue weighted by Gasteiger charge is -2.17. The van der Waals surface area contributed by atoms with Gasteiger partial charge in [0.1, 0.15) is 6.04 Å². The van der Waals surface area contributed by atoms with E-state index >= 15 is 0 Å². The molecule has 1 atom stereocenters. The first-order chi connectivity index (χ1) is 7.56.